The van der Waals surface area contributed by atoms with Crippen molar-refractivity contribution in [3.63, 3.8) is 0 Å². The van der Waals surface area contributed by atoms with Gasteiger partial charge in [0, 0.05) is 12.6 Å². The number of hydrogen-bond acceptors (Lipinski definition) is 2. The van der Waals surface area contributed by atoms with Crippen molar-refractivity contribution in [1.82, 2.24) is 10.6 Å². The molecule has 1 aliphatic heterocycles. The van der Waals surface area contributed by atoms with E-state index in [2.05, 4.69) is 10.6 Å². The van der Waals surface area contributed by atoms with Crippen molar-refractivity contribution in [3.8, 4) is 0 Å². The fraction of sp³-hybridized carbons (Fsp3) is 0.278. The highest BCUT2D eigenvalue weighted by Gasteiger charge is 2.25. The van der Waals surface area contributed by atoms with Gasteiger partial charge in [0.05, 0.1) is 5.92 Å². The second-order valence-electron chi connectivity index (χ2n) is 5.45. The Morgan fingerprint density at radius 2 is 1.57 bits per heavy atom. The molecule has 1 aliphatic rings. The van der Waals surface area contributed by atoms with Gasteiger partial charge < -0.3 is 10.6 Å². The Kier molecular flexibility index (Phi) is 4.31. The zero-order chi connectivity index (χ0) is 14.5. The number of hydrogen-bond donors (Lipinski definition) is 2. The quantitative estimate of drug-likeness (QED) is 0.902. The van der Waals surface area contributed by atoms with E-state index in [0.29, 0.717) is 0 Å². The molecule has 2 aromatic rings. The zero-order valence-corrected chi connectivity index (χ0v) is 12.0. The summed E-state index contributed by atoms with van der Waals surface area (Å²) < 4.78 is 0. The van der Waals surface area contributed by atoms with Gasteiger partial charge in [-0.3, -0.25) is 4.79 Å². The molecule has 1 fully saturated rings. The lowest BCUT2D eigenvalue weighted by molar-refractivity contribution is -0.122. The normalized spacial score (nSPS) is 17.9. The minimum absolute atomic E-state index is 0.0844. The molecule has 1 unspecified atom stereocenters. The molecule has 0 bridgehead atoms. The Balaban J connectivity index is 1.87. The lowest BCUT2D eigenvalue weighted by Crippen LogP contribution is -2.39. The molecule has 108 valence electrons. The van der Waals surface area contributed by atoms with E-state index in [1.807, 2.05) is 60.7 Å². The summed E-state index contributed by atoms with van der Waals surface area (Å²) in [6.07, 6.45) is 1.00. The molecule has 1 heterocycles. The number of nitrogens with one attached hydrogen (secondary N) is 2. The highest BCUT2D eigenvalue weighted by molar-refractivity contribution is 5.87. The van der Waals surface area contributed by atoms with Gasteiger partial charge >= 0.3 is 0 Å². The van der Waals surface area contributed by atoms with Crippen molar-refractivity contribution in [2.75, 3.05) is 13.1 Å². The number of carbonyl (C=O) groups is 1. The molecular formula is C18H20N2O. The first-order valence-electron chi connectivity index (χ1n) is 7.45. The molecule has 2 N–H and O–H groups in total. The standard InChI is InChI=1S/C18H20N2O/c21-18(20-16-11-12-19-13-16)17(14-7-3-1-4-8-14)15-9-5-2-6-10-15/h1-10,16-17,19H,11-13H2,(H,20,21). The van der Waals surface area contributed by atoms with Gasteiger partial charge in [-0.1, -0.05) is 60.7 Å². The number of rotatable bonds is 4. The molecule has 2 aromatic carbocycles. The summed E-state index contributed by atoms with van der Waals surface area (Å²) in [5, 5.41) is 6.46. The predicted molar refractivity (Wildman–Crippen MR) is 84.1 cm³/mol. The molecule has 21 heavy (non-hydrogen) atoms. The van der Waals surface area contributed by atoms with E-state index in [1.165, 1.54) is 0 Å². The van der Waals surface area contributed by atoms with Gasteiger partial charge in [-0.05, 0) is 24.1 Å². The smallest absolute Gasteiger partial charge is 0.232 e. The summed E-state index contributed by atoms with van der Waals surface area (Å²) >= 11 is 0. The Morgan fingerprint density at radius 3 is 2.05 bits per heavy atom. The summed E-state index contributed by atoms with van der Waals surface area (Å²) in [6, 6.07) is 20.2. The van der Waals surface area contributed by atoms with Crippen molar-refractivity contribution < 1.29 is 4.79 Å². The summed E-state index contributed by atoms with van der Waals surface area (Å²) in [5.74, 6) is -0.158. The van der Waals surface area contributed by atoms with Gasteiger partial charge in [0.2, 0.25) is 5.91 Å². The van der Waals surface area contributed by atoms with Crippen LogP contribution in [0, 0.1) is 0 Å². The maximum Gasteiger partial charge on any atom is 0.232 e. The topological polar surface area (TPSA) is 41.1 Å². The van der Waals surface area contributed by atoms with E-state index in [-0.39, 0.29) is 17.9 Å². The molecule has 1 amide bonds. The molecule has 0 radical (unpaired) electrons. The Labute approximate surface area is 125 Å². The van der Waals surface area contributed by atoms with Crippen molar-refractivity contribution >= 4 is 5.91 Å². The molecule has 1 saturated heterocycles. The maximum absolute atomic E-state index is 12.8. The summed E-state index contributed by atoms with van der Waals surface area (Å²) in [5.41, 5.74) is 2.07. The Bertz CT molecular complexity index is 537. The monoisotopic (exact) mass is 280 g/mol. The molecule has 0 aliphatic carbocycles. The molecule has 3 rings (SSSR count). The molecule has 3 nitrogen and oxygen atoms in total. The maximum atomic E-state index is 12.8. The predicted octanol–water partition coefficient (Wildman–Crippen LogP) is 2.30. The van der Waals surface area contributed by atoms with Crippen molar-refractivity contribution in [2.45, 2.75) is 18.4 Å². The van der Waals surface area contributed by atoms with Crippen LogP contribution < -0.4 is 10.6 Å². The van der Waals surface area contributed by atoms with Crippen LogP contribution >= 0.6 is 0 Å². The SMILES string of the molecule is O=C(NC1CCNC1)C(c1ccccc1)c1ccccc1. The second-order valence-corrected chi connectivity index (χ2v) is 5.45. The van der Waals surface area contributed by atoms with Crippen LogP contribution in [0.25, 0.3) is 0 Å². The first-order chi connectivity index (χ1) is 10.3. The van der Waals surface area contributed by atoms with Gasteiger partial charge in [-0.15, -0.1) is 0 Å². The van der Waals surface area contributed by atoms with Gasteiger partial charge in [0.15, 0.2) is 0 Å². The van der Waals surface area contributed by atoms with E-state index in [0.717, 1.165) is 30.6 Å². The van der Waals surface area contributed by atoms with E-state index in [9.17, 15) is 4.79 Å². The van der Waals surface area contributed by atoms with Crippen LogP contribution in [-0.2, 0) is 4.79 Å². The van der Waals surface area contributed by atoms with Crippen LogP contribution in [0.5, 0.6) is 0 Å². The van der Waals surface area contributed by atoms with Crippen molar-refractivity contribution in [2.24, 2.45) is 0 Å². The van der Waals surface area contributed by atoms with Crippen LogP contribution in [-0.4, -0.2) is 25.0 Å². The minimum atomic E-state index is -0.243. The average Bonchev–Trinajstić information content (AvgIpc) is 3.02. The van der Waals surface area contributed by atoms with Gasteiger partial charge in [0.1, 0.15) is 0 Å². The first-order valence-corrected chi connectivity index (χ1v) is 7.45. The third-order valence-corrected chi connectivity index (χ3v) is 3.93. The van der Waals surface area contributed by atoms with E-state index in [1.54, 1.807) is 0 Å². The summed E-state index contributed by atoms with van der Waals surface area (Å²) in [7, 11) is 0. The first kappa shape index (κ1) is 13.8. The van der Waals surface area contributed by atoms with Crippen LogP contribution in [0.4, 0.5) is 0 Å². The lowest BCUT2D eigenvalue weighted by atomic mass is 9.90. The molecule has 0 spiro atoms. The van der Waals surface area contributed by atoms with Gasteiger partial charge in [-0.25, -0.2) is 0 Å². The van der Waals surface area contributed by atoms with Crippen LogP contribution in [0.3, 0.4) is 0 Å². The van der Waals surface area contributed by atoms with E-state index in [4.69, 9.17) is 0 Å². The Hall–Kier alpha value is -2.13. The summed E-state index contributed by atoms with van der Waals surface area (Å²) in [6.45, 7) is 1.84. The van der Waals surface area contributed by atoms with Crippen LogP contribution in [0.15, 0.2) is 60.7 Å². The molecule has 3 heteroatoms. The molecule has 1 atom stereocenters. The van der Waals surface area contributed by atoms with Crippen LogP contribution in [0.2, 0.25) is 0 Å². The third-order valence-electron chi connectivity index (χ3n) is 3.93. The van der Waals surface area contributed by atoms with Gasteiger partial charge in [0.25, 0.3) is 0 Å². The highest BCUT2D eigenvalue weighted by atomic mass is 16.2. The highest BCUT2D eigenvalue weighted by Crippen LogP contribution is 2.25. The largest absolute Gasteiger partial charge is 0.351 e. The fourth-order valence-electron chi connectivity index (χ4n) is 2.85. The number of amides is 1. The molecule has 0 aromatic heterocycles. The summed E-state index contributed by atoms with van der Waals surface area (Å²) in [4.78, 5) is 12.8. The zero-order valence-electron chi connectivity index (χ0n) is 12.0. The minimum Gasteiger partial charge on any atom is -0.351 e. The third kappa shape index (κ3) is 3.31. The number of benzene rings is 2. The molecular weight excluding hydrogens is 260 g/mol. The second kappa shape index (κ2) is 6.55. The molecule has 0 saturated carbocycles. The Morgan fingerprint density at radius 1 is 1.00 bits per heavy atom. The fourth-order valence-corrected chi connectivity index (χ4v) is 2.85. The van der Waals surface area contributed by atoms with Crippen molar-refractivity contribution in [3.05, 3.63) is 71.8 Å². The lowest BCUT2D eigenvalue weighted by Gasteiger charge is -2.20. The number of carbonyl (C=O) groups excluding carboxylic acids is 1. The average molecular weight is 280 g/mol. The van der Waals surface area contributed by atoms with E-state index >= 15 is 0 Å². The van der Waals surface area contributed by atoms with Crippen molar-refractivity contribution in [1.29, 1.82) is 0 Å². The van der Waals surface area contributed by atoms with Gasteiger partial charge in [-0.2, -0.15) is 0 Å². The van der Waals surface area contributed by atoms with E-state index < -0.39 is 0 Å². The van der Waals surface area contributed by atoms with Crippen LogP contribution in [0.1, 0.15) is 23.5 Å².